The van der Waals surface area contributed by atoms with Crippen LogP contribution in [0.3, 0.4) is 0 Å². The number of aliphatic carboxylic acids is 1. The maximum atomic E-state index is 12.2. The van der Waals surface area contributed by atoms with Crippen LogP contribution in [0.15, 0.2) is 36.5 Å². The first-order valence-electron chi connectivity index (χ1n) is 10.6. The van der Waals surface area contributed by atoms with E-state index in [4.69, 9.17) is 5.11 Å². The molecule has 0 spiro atoms. The number of rotatable bonds is 6. The number of aryl methyl sites for hydroxylation is 2. The fraction of sp³-hybridized carbons (Fsp3) is 0.320. The summed E-state index contributed by atoms with van der Waals surface area (Å²) in [7, 11) is 0. The fourth-order valence-corrected chi connectivity index (χ4v) is 3.34. The minimum atomic E-state index is -1.19. The SMILES string of the molecule is Cc1cc(-c2ccc(C(C)(C)C)cc2)ncc1Cc1nc(C)c(O)c(C(=O)NCC(=O)O)n1. The lowest BCUT2D eigenvalue weighted by Gasteiger charge is -2.19. The Hall–Kier alpha value is -3.81. The van der Waals surface area contributed by atoms with Crippen LogP contribution in [0.4, 0.5) is 0 Å². The molecule has 33 heavy (non-hydrogen) atoms. The van der Waals surface area contributed by atoms with E-state index < -0.39 is 18.4 Å². The number of hydrogen-bond donors (Lipinski definition) is 3. The maximum absolute atomic E-state index is 12.2. The van der Waals surface area contributed by atoms with E-state index in [2.05, 4.69) is 65.3 Å². The van der Waals surface area contributed by atoms with E-state index >= 15 is 0 Å². The van der Waals surface area contributed by atoms with Crippen LogP contribution >= 0.6 is 0 Å². The van der Waals surface area contributed by atoms with E-state index in [0.29, 0.717) is 12.2 Å². The van der Waals surface area contributed by atoms with Crippen LogP contribution in [0.5, 0.6) is 5.75 Å². The summed E-state index contributed by atoms with van der Waals surface area (Å²) in [5.41, 5.74) is 5.07. The van der Waals surface area contributed by atoms with Gasteiger partial charge in [0.25, 0.3) is 5.91 Å². The highest BCUT2D eigenvalue weighted by Gasteiger charge is 2.19. The van der Waals surface area contributed by atoms with Crippen LogP contribution in [-0.4, -0.2) is 43.6 Å². The van der Waals surface area contributed by atoms with Crippen molar-refractivity contribution in [1.29, 1.82) is 0 Å². The Balaban J connectivity index is 1.84. The zero-order chi connectivity index (χ0) is 24.3. The molecule has 0 bridgehead atoms. The van der Waals surface area contributed by atoms with Gasteiger partial charge in [0, 0.05) is 18.2 Å². The van der Waals surface area contributed by atoms with Crippen LogP contribution in [-0.2, 0) is 16.6 Å². The molecule has 0 atom stereocenters. The topological polar surface area (TPSA) is 125 Å². The van der Waals surface area contributed by atoms with Gasteiger partial charge in [0.1, 0.15) is 12.4 Å². The molecule has 8 nitrogen and oxygen atoms in total. The van der Waals surface area contributed by atoms with Crippen molar-refractivity contribution in [2.24, 2.45) is 0 Å². The molecule has 3 aromatic rings. The Morgan fingerprint density at radius 2 is 1.73 bits per heavy atom. The summed E-state index contributed by atoms with van der Waals surface area (Å²) in [6.45, 7) is 9.48. The molecule has 2 aromatic heterocycles. The second-order valence-electron chi connectivity index (χ2n) is 9.00. The third-order valence-corrected chi connectivity index (χ3v) is 5.33. The summed E-state index contributed by atoms with van der Waals surface area (Å²) in [5.74, 6) is -2.00. The standard InChI is InChI=1S/C25H28N4O4/c1-14-10-19(16-6-8-18(9-7-16)25(3,4)5)26-12-17(14)11-20-28-15(2)23(32)22(29-20)24(33)27-13-21(30)31/h6-10,12,32H,11,13H2,1-5H3,(H,27,33)(H,30,31). The molecule has 0 radical (unpaired) electrons. The fourth-order valence-electron chi connectivity index (χ4n) is 3.34. The summed E-state index contributed by atoms with van der Waals surface area (Å²) >= 11 is 0. The summed E-state index contributed by atoms with van der Waals surface area (Å²) in [6.07, 6.45) is 2.07. The predicted octanol–water partition coefficient (Wildman–Crippen LogP) is 3.56. The molecule has 3 rings (SSSR count). The van der Waals surface area contributed by atoms with Crippen molar-refractivity contribution in [2.75, 3.05) is 6.54 Å². The second kappa shape index (κ2) is 9.36. The highest BCUT2D eigenvalue weighted by atomic mass is 16.4. The predicted molar refractivity (Wildman–Crippen MR) is 124 cm³/mol. The molecule has 0 aliphatic carbocycles. The molecule has 0 saturated carbocycles. The van der Waals surface area contributed by atoms with E-state index in [-0.39, 0.29) is 22.6 Å². The first kappa shape index (κ1) is 23.8. The van der Waals surface area contributed by atoms with Crippen molar-refractivity contribution < 1.29 is 19.8 Å². The first-order valence-corrected chi connectivity index (χ1v) is 10.6. The minimum Gasteiger partial charge on any atom is -0.504 e. The monoisotopic (exact) mass is 448 g/mol. The minimum absolute atomic E-state index is 0.0807. The smallest absolute Gasteiger partial charge is 0.322 e. The van der Waals surface area contributed by atoms with Gasteiger partial charge < -0.3 is 15.5 Å². The van der Waals surface area contributed by atoms with Crippen molar-refractivity contribution >= 4 is 11.9 Å². The van der Waals surface area contributed by atoms with Crippen LogP contribution < -0.4 is 5.32 Å². The molecule has 0 unspecified atom stereocenters. The maximum Gasteiger partial charge on any atom is 0.322 e. The van der Waals surface area contributed by atoms with Gasteiger partial charge in [-0.15, -0.1) is 0 Å². The molecular formula is C25H28N4O4. The quantitative estimate of drug-likeness (QED) is 0.526. The molecular weight excluding hydrogens is 420 g/mol. The number of carbonyl (C=O) groups is 2. The third-order valence-electron chi connectivity index (χ3n) is 5.33. The van der Waals surface area contributed by atoms with Crippen molar-refractivity contribution in [1.82, 2.24) is 20.3 Å². The van der Waals surface area contributed by atoms with Crippen molar-refractivity contribution in [3.8, 4) is 17.0 Å². The molecule has 0 fully saturated rings. The summed E-state index contributed by atoms with van der Waals surface area (Å²) in [4.78, 5) is 36.0. The van der Waals surface area contributed by atoms with Gasteiger partial charge in [0.15, 0.2) is 11.4 Å². The molecule has 0 aliphatic rings. The number of pyridine rings is 1. The van der Waals surface area contributed by atoms with Crippen molar-refractivity contribution in [3.63, 3.8) is 0 Å². The van der Waals surface area contributed by atoms with Crippen molar-refractivity contribution in [2.45, 2.75) is 46.5 Å². The van der Waals surface area contributed by atoms with E-state index in [1.807, 2.05) is 13.0 Å². The lowest BCUT2D eigenvalue weighted by atomic mass is 9.86. The van der Waals surface area contributed by atoms with Gasteiger partial charge in [-0.3, -0.25) is 14.6 Å². The van der Waals surface area contributed by atoms with Gasteiger partial charge >= 0.3 is 5.97 Å². The number of aromatic hydroxyl groups is 1. The lowest BCUT2D eigenvalue weighted by molar-refractivity contribution is -0.135. The molecule has 0 saturated heterocycles. The zero-order valence-corrected chi connectivity index (χ0v) is 19.4. The van der Waals surface area contributed by atoms with Crippen LogP contribution in [0.1, 0.15) is 59.5 Å². The number of aromatic nitrogens is 3. The van der Waals surface area contributed by atoms with E-state index in [0.717, 1.165) is 22.4 Å². The molecule has 8 heteroatoms. The van der Waals surface area contributed by atoms with Gasteiger partial charge in [0.2, 0.25) is 0 Å². The Labute approximate surface area is 192 Å². The number of carboxylic acids is 1. The number of carbonyl (C=O) groups excluding carboxylic acids is 1. The van der Waals surface area contributed by atoms with Crippen LogP contribution in [0.25, 0.3) is 11.3 Å². The highest BCUT2D eigenvalue weighted by molar-refractivity contribution is 5.96. The van der Waals surface area contributed by atoms with Crippen molar-refractivity contribution in [3.05, 3.63) is 70.4 Å². The summed E-state index contributed by atoms with van der Waals surface area (Å²) in [6, 6.07) is 10.4. The second-order valence-corrected chi connectivity index (χ2v) is 9.00. The number of carboxylic acid groups (broad SMARTS) is 1. The molecule has 3 N–H and O–H groups in total. The molecule has 2 heterocycles. The summed E-state index contributed by atoms with van der Waals surface area (Å²) < 4.78 is 0. The number of amides is 1. The molecule has 0 aliphatic heterocycles. The van der Waals surface area contributed by atoms with Gasteiger partial charge in [0.05, 0.1) is 11.4 Å². The normalized spacial score (nSPS) is 11.3. The van der Waals surface area contributed by atoms with E-state index in [9.17, 15) is 14.7 Å². The molecule has 1 aromatic carbocycles. The number of benzene rings is 1. The number of hydrogen-bond acceptors (Lipinski definition) is 6. The Morgan fingerprint density at radius 3 is 2.30 bits per heavy atom. The average molecular weight is 449 g/mol. The number of nitrogens with zero attached hydrogens (tertiary/aromatic N) is 3. The Morgan fingerprint density at radius 1 is 1.06 bits per heavy atom. The molecule has 172 valence electrons. The first-order chi connectivity index (χ1) is 15.5. The summed E-state index contributed by atoms with van der Waals surface area (Å²) in [5, 5.41) is 21.1. The van der Waals surface area contributed by atoms with Gasteiger partial charge in [-0.1, -0.05) is 45.0 Å². The van der Waals surface area contributed by atoms with Gasteiger partial charge in [-0.25, -0.2) is 9.97 Å². The van der Waals surface area contributed by atoms with E-state index in [1.54, 1.807) is 13.1 Å². The third kappa shape index (κ3) is 5.71. The van der Waals surface area contributed by atoms with Gasteiger partial charge in [-0.05, 0) is 42.0 Å². The lowest BCUT2D eigenvalue weighted by Crippen LogP contribution is -2.30. The zero-order valence-electron chi connectivity index (χ0n) is 19.4. The molecule has 1 amide bonds. The van der Waals surface area contributed by atoms with Gasteiger partial charge in [-0.2, -0.15) is 0 Å². The van der Waals surface area contributed by atoms with E-state index in [1.165, 1.54) is 5.56 Å². The largest absolute Gasteiger partial charge is 0.504 e. The number of nitrogens with one attached hydrogen (secondary N) is 1. The Kier molecular flexibility index (Phi) is 6.76. The van der Waals surface area contributed by atoms with Crippen LogP contribution in [0, 0.1) is 13.8 Å². The average Bonchev–Trinajstić information content (AvgIpc) is 2.75. The highest BCUT2D eigenvalue weighted by Crippen LogP contribution is 2.27. The Bertz CT molecular complexity index is 1200. The van der Waals surface area contributed by atoms with Crippen LogP contribution in [0.2, 0.25) is 0 Å².